The number of hydrogen-bond acceptors (Lipinski definition) is 2. The van der Waals surface area contributed by atoms with E-state index in [0.717, 1.165) is 5.69 Å². The number of aromatic nitrogens is 1. The Kier molecular flexibility index (Phi) is 4.68. The van der Waals surface area contributed by atoms with E-state index in [-0.39, 0.29) is 46.4 Å². The molecule has 1 aromatic heterocycles. The third-order valence-corrected chi connectivity index (χ3v) is 3.58. The minimum Gasteiger partial charge on any atom is -1.00 e. The Bertz CT molecular complexity index is 658. The van der Waals surface area contributed by atoms with Crippen molar-refractivity contribution in [1.29, 1.82) is 0 Å². The van der Waals surface area contributed by atoms with Crippen LogP contribution in [-0.4, -0.2) is 59.2 Å². The first-order chi connectivity index (χ1) is 9.18. The van der Waals surface area contributed by atoms with Crippen molar-refractivity contribution >= 4 is 49.5 Å². The number of aliphatic carboxylic acids is 1. The molecule has 0 spiro atoms. The van der Waals surface area contributed by atoms with Gasteiger partial charge >= 0.3 is 43.7 Å². The van der Waals surface area contributed by atoms with Gasteiger partial charge in [0.15, 0.2) is 0 Å². The number of carbonyl (C=O) groups is 2. The average molecular weight is 297 g/mol. The maximum atomic E-state index is 12.4. The van der Waals surface area contributed by atoms with Gasteiger partial charge in [-0.15, -0.1) is 0 Å². The Labute approximate surface area is 149 Å². The van der Waals surface area contributed by atoms with Crippen LogP contribution in [0.15, 0.2) is 42.5 Å². The molecule has 4 nitrogen and oxygen atoms in total. The summed E-state index contributed by atoms with van der Waals surface area (Å²) in [6.45, 7) is 0.590. The molecule has 2 aromatic rings. The number of carboxylic acids is 1. The number of carbonyl (C=O) groups excluding carboxylic acids is 1. The van der Waals surface area contributed by atoms with Gasteiger partial charge in [0.2, 0.25) is 5.78 Å². The van der Waals surface area contributed by atoms with Crippen molar-refractivity contribution in [3.05, 3.63) is 59.4 Å². The van der Waals surface area contributed by atoms with E-state index < -0.39 is 11.9 Å². The van der Waals surface area contributed by atoms with Crippen LogP contribution in [-0.2, 0) is 11.3 Å². The second-order valence-corrected chi connectivity index (χ2v) is 4.67. The van der Waals surface area contributed by atoms with E-state index in [4.69, 9.17) is 5.11 Å². The van der Waals surface area contributed by atoms with Crippen molar-refractivity contribution in [1.82, 2.24) is 4.57 Å². The SMILES string of the molecule is O=C(c1ccccc1)c1ccc2n1CCC2C(=O)O.[Ca+2].[H-].[H-]. The fourth-order valence-electron chi connectivity index (χ4n) is 2.63. The first-order valence-electron chi connectivity index (χ1n) is 6.20. The molecule has 0 saturated heterocycles. The summed E-state index contributed by atoms with van der Waals surface area (Å²) < 4.78 is 1.83. The predicted molar refractivity (Wildman–Crippen MR) is 77.3 cm³/mol. The second kappa shape index (κ2) is 6.12. The Balaban J connectivity index is 0.00000147. The number of carboxylic acid groups (broad SMARTS) is 1. The molecule has 0 aliphatic carbocycles. The van der Waals surface area contributed by atoms with Crippen LogP contribution < -0.4 is 0 Å². The molecular weight excluding hydrogens is 282 g/mol. The molecule has 100 valence electrons. The molecule has 2 heterocycles. The van der Waals surface area contributed by atoms with E-state index in [9.17, 15) is 9.59 Å². The summed E-state index contributed by atoms with van der Waals surface area (Å²) in [5.41, 5.74) is 1.93. The molecule has 20 heavy (non-hydrogen) atoms. The van der Waals surface area contributed by atoms with Crippen LogP contribution in [0.4, 0.5) is 0 Å². The zero-order valence-electron chi connectivity index (χ0n) is 13.0. The Morgan fingerprint density at radius 2 is 1.85 bits per heavy atom. The molecule has 0 bridgehead atoms. The molecule has 1 N–H and O–H groups in total. The van der Waals surface area contributed by atoms with Gasteiger partial charge in [0.05, 0.1) is 11.6 Å². The molecule has 1 aromatic carbocycles. The van der Waals surface area contributed by atoms with Crippen molar-refractivity contribution in [3.8, 4) is 0 Å². The van der Waals surface area contributed by atoms with E-state index in [2.05, 4.69) is 0 Å². The molecule has 1 aliphatic heterocycles. The van der Waals surface area contributed by atoms with Crippen LogP contribution in [0, 0.1) is 0 Å². The van der Waals surface area contributed by atoms with Crippen LogP contribution >= 0.6 is 0 Å². The Morgan fingerprint density at radius 3 is 2.50 bits per heavy atom. The van der Waals surface area contributed by atoms with E-state index in [1.54, 1.807) is 24.3 Å². The summed E-state index contributed by atoms with van der Waals surface area (Å²) in [6.07, 6.45) is 0.556. The third kappa shape index (κ3) is 2.55. The van der Waals surface area contributed by atoms with Gasteiger partial charge in [0, 0.05) is 17.8 Å². The van der Waals surface area contributed by atoms with Crippen molar-refractivity contribution in [2.45, 2.75) is 18.9 Å². The summed E-state index contributed by atoms with van der Waals surface area (Å²) >= 11 is 0. The second-order valence-electron chi connectivity index (χ2n) is 4.67. The fraction of sp³-hybridized carbons (Fsp3) is 0.200. The quantitative estimate of drug-likeness (QED) is 0.697. The zero-order chi connectivity index (χ0) is 13.4. The van der Waals surface area contributed by atoms with Gasteiger partial charge in [-0.2, -0.15) is 0 Å². The standard InChI is InChI=1S/C15H13NO3.Ca.2H/c17-14(10-4-2-1-3-5-10)13-7-6-12-11(15(18)19)8-9-16(12)13;;;/h1-7,11H,8-9H2,(H,18,19);;;/q;+2;2*-1. The zero-order valence-corrected chi connectivity index (χ0v) is 13.2. The van der Waals surface area contributed by atoms with Gasteiger partial charge in [-0.25, -0.2) is 0 Å². The largest absolute Gasteiger partial charge is 2.00 e. The molecule has 0 radical (unpaired) electrons. The molecular formula is C15H15CaNO3. The maximum absolute atomic E-state index is 12.4. The maximum Gasteiger partial charge on any atom is 2.00 e. The van der Waals surface area contributed by atoms with E-state index >= 15 is 0 Å². The summed E-state index contributed by atoms with van der Waals surface area (Å²) in [6, 6.07) is 12.5. The molecule has 1 aliphatic rings. The molecule has 1 unspecified atom stereocenters. The van der Waals surface area contributed by atoms with Crippen molar-refractivity contribution in [3.63, 3.8) is 0 Å². The van der Waals surface area contributed by atoms with E-state index in [0.29, 0.717) is 24.2 Å². The third-order valence-electron chi connectivity index (χ3n) is 3.58. The van der Waals surface area contributed by atoms with E-state index in [1.807, 2.05) is 22.8 Å². The molecule has 0 amide bonds. The van der Waals surface area contributed by atoms with Crippen LogP contribution in [0.1, 0.15) is 36.9 Å². The first kappa shape index (κ1) is 15.3. The summed E-state index contributed by atoms with van der Waals surface area (Å²) in [7, 11) is 0. The van der Waals surface area contributed by atoms with Crippen LogP contribution in [0.2, 0.25) is 0 Å². The number of hydrogen-bond donors (Lipinski definition) is 1. The van der Waals surface area contributed by atoms with Crippen LogP contribution in [0.25, 0.3) is 0 Å². The van der Waals surface area contributed by atoms with Gasteiger partial charge < -0.3 is 12.5 Å². The monoisotopic (exact) mass is 297 g/mol. The van der Waals surface area contributed by atoms with Crippen molar-refractivity contribution in [2.24, 2.45) is 0 Å². The van der Waals surface area contributed by atoms with Gasteiger partial charge in [-0.3, -0.25) is 9.59 Å². The van der Waals surface area contributed by atoms with Gasteiger partial charge in [0.1, 0.15) is 0 Å². The molecule has 5 heteroatoms. The van der Waals surface area contributed by atoms with Gasteiger partial charge in [-0.1, -0.05) is 30.3 Å². The average Bonchev–Trinajstić information content (AvgIpc) is 2.99. The van der Waals surface area contributed by atoms with Crippen LogP contribution in [0.3, 0.4) is 0 Å². The normalized spacial score (nSPS) is 16.3. The van der Waals surface area contributed by atoms with Crippen molar-refractivity contribution in [2.75, 3.05) is 0 Å². The summed E-state index contributed by atoms with van der Waals surface area (Å²) in [5, 5.41) is 9.13. The Morgan fingerprint density at radius 1 is 1.15 bits per heavy atom. The minimum absolute atomic E-state index is 0. The number of nitrogens with zero attached hydrogens (tertiary/aromatic N) is 1. The smallest absolute Gasteiger partial charge is 1.00 e. The van der Waals surface area contributed by atoms with E-state index in [1.165, 1.54) is 0 Å². The van der Waals surface area contributed by atoms with Crippen LogP contribution in [0.5, 0.6) is 0 Å². The van der Waals surface area contributed by atoms with Crippen molar-refractivity contribution < 1.29 is 17.5 Å². The number of rotatable bonds is 3. The minimum atomic E-state index is -0.824. The fourth-order valence-corrected chi connectivity index (χ4v) is 2.63. The number of ketones is 1. The van der Waals surface area contributed by atoms with Gasteiger partial charge in [0.25, 0.3) is 0 Å². The first-order valence-corrected chi connectivity index (χ1v) is 6.20. The van der Waals surface area contributed by atoms with Gasteiger partial charge in [-0.05, 0) is 18.6 Å². The molecule has 0 saturated carbocycles. The molecule has 0 fully saturated rings. The number of fused-ring (bicyclic) bond motifs is 1. The number of benzene rings is 1. The topological polar surface area (TPSA) is 59.3 Å². The summed E-state index contributed by atoms with van der Waals surface area (Å²) in [5.74, 6) is -1.37. The Hall–Kier alpha value is -1.10. The summed E-state index contributed by atoms with van der Waals surface area (Å²) in [4.78, 5) is 23.5. The molecule has 3 rings (SSSR count). The molecule has 1 atom stereocenters. The predicted octanol–water partition coefficient (Wildman–Crippen LogP) is 2.14.